The molecule has 3 heterocycles. The number of phenolic OH excluding ortho intramolecular Hbond substituents is 1. The molecule has 3 aromatic rings. The number of hydrogen-bond acceptors (Lipinski definition) is 6. The zero-order valence-corrected chi connectivity index (χ0v) is 20.0. The molecular formula is C28H27NO5S. The Labute approximate surface area is 205 Å². The highest BCUT2D eigenvalue weighted by atomic mass is 32.2. The summed E-state index contributed by atoms with van der Waals surface area (Å²) in [6.45, 7) is 0.434. The number of sulfone groups is 1. The molecule has 180 valence electrons. The van der Waals surface area contributed by atoms with Crippen molar-refractivity contribution >= 4 is 21.5 Å². The molecule has 1 saturated heterocycles. The molecule has 2 aromatic carbocycles. The number of rotatable bonds is 8. The minimum absolute atomic E-state index is 0.0239. The first-order chi connectivity index (χ1) is 17.0. The third kappa shape index (κ3) is 5.31. The van der Waals surface area contributed by atoms with E-state index in [9.17, 15) is 13.5 Å². The molecule has 2 aliphatic rings. The van der Waals surface area contributed by atoms with Crippen molar-refractivity contribution in [3.05, 3.63) is 101 Å². The van der Waals surface area contributed by atoms with Gasteiger partial charge in [-0.2, -0.15) is 0 Å². The van der Waals surface area contributed by atoms with Crippen molar-refractivity contribution in [2.45, 2.75) is 24.2 Å². The van der Waals surface area contributed by atoms with Gasteiger partial charge in [0.25, 0.3) is 0 Å². The number of para-hydroxylation sites is 1. The van der Waals surface area contributed by atoms with Crippen LogP contribution in [-0.4, -0.2) is 48.8 Å². The fourth-order valence-electron chi connectivity index (χ4n) is 4.71. The zero-order valence-electron chi connectivity index (χ0n) is 19.2. The van der Waals surface area contributed by atoms with Crippen molar-refractivity contribution in [2.75, 3.05) is 19.0 Å². The average molecular weight is 490 g/mol. The van der Waals surface area contributed by atoms with E-state index in [-0.39, 0.29) is 30.8 Å². The van der Waals surface area contributed by atoms with E-state index < -0.39 is 15.1 Å². The quantitative estimate of drug-likeness (QED) is 0.463. The van der Waals surface area contributed by atoms with Gasteiger partial charge in [-0.3, -0.25) is 4.98 Å². The van der Waals surface area contributed by atoms with E-state index >= 15 is 0 Å². The molecule has 2 aliphatic heterocycles. The summed E-state index contributed by atoms with van der Waals surface area (Å²) >= 11 is 0. The Kier molecular flexibility index (Phi) is 6.70. The maximum absolute atomic E-state index is 12.8. The largest absolute Gasteiger partial charge is 0.508 e. The van der Waals surface area contributed by atoms with Crippen LogP contribution < -0.4 is 4.74 Å². The lowest BCUT2D eigenvalue weighted by molar-refractivity contribution is 0.118. The molecule has 7 heteroatoms. The van der Waals surface area contributed by atoms with Crippen LogP contribution in [0.25, 0.3) is 11.6 Å². The van der Waals surface area contributed by atoms with Gasteiger partial charge in [-0.15, -0.1) is 0 Å². The van der Waals surface area contributed by atoms with Gasteiger partial charge in [0.1, 0.15) is 23.4 Å². The molecule has 1 N–H and O–H groups in total. The van der Waals surface area contributed by atoms with Crippen LogP contribution >= 0.6 is 0 Å². The first-order valence-corrected chi connectivity index (χ1v) is 13.3. The highest BCUT2D eigenvalue weighted by Crippen LogP contribution is 2.39. The van der Waals surface area contributed by atoms with Crippen LogP contribution in [0.15, 0.2) is 90.1 Å². The number of allylic oxidation sites excluding steroid dienone is 1. The lowest BCUT2D eigenvalue weighted by Gasteiger charge is -2.16. The summed E-state index contributed by atoms with van der Waals surface area (Å²) in [6, 6.07) is 22.2. The van der Waals surface area contributed by atoms with Crippen molar-refractivity contribution in [3.63, 3.8) is 0 Å². The maximum atomic E-state index is 12.8. The topological polar surface area (TPSA) is 85.7 Å². The normalized spacial score (nSPS) is 21.2. The minimum atomic E-state index is -3.28. The summed E-state index contributed by atoms with van der Waals surface area (Å²) < 4.78 is 37.6. The number of fused-ring (bicyclic) bond motifs is 1. The van der Waals surface area contributed by atoms with Crippen LogP contribution in [0.3, 0.4) is 0 Å². The second kappa shape index (κ2) is 10.1. The Morgan fingerprint density at radius 3 is 2.57 bits per heavy atom. The first kappa shape index (κ1) is 23.3. The molecule has 35 heavy (non-hydrogen) atoms. The van der Waals surface area contributed by atoms with Crippen LogP contribution in [0, 0.1) is 0 Å². The Bertz CT molecular complexity index is 1330. The van der Waals surface area contributed by atoms with Gasteiger partial charge in [-0.1, -0.05) is 36.4 Å². The van der Waals surface area contributed by atoms with Crippen molar-refractivity contribution in [1.29, 1.82) is 0 Å². The minimum Gasteiger partial charge on any atom is -0.508 e. The van der Waals surface area contributed by atoms with Crippen molar-refractivity contribution in [2.24, 2.45) is 0 Å². The van der Waals surface area contributed by atoms with Crippen LogP contribution in [-0.2, 0) is 14.6 Å². The molecule has 1 fully saturated rings. The molecule has 0 aliphatic carbocycles. The van der Waals surface area contributed by atoms with E-state index in [1.54, 1.807) is 18.3 Å². The van der Waals surface area contributed by atoms with Crippen LogP contribution in [0.1, 0.15) is 24.1 Å². The highest BCUT2D eigenvalue weighted by molar-refractivity contribution is 7.92. The lowest BCUT2D eigenvalue weighted by Crippen LogP contribution is -2.19. The van der Waals surface area contributed by atoms with Gasteiger partial charge in [-0.05, 0) is 77.6 Å². The van der Waals surface area contributed by atoms with E-state index in [1.807, 2.05) is 66.7 Å². The average Bonchev–Trinajstić information content (AvgIpc) is 3.42. The summed E-state index contributed by atoms with van der Waals surface area (Å²) in [5.74, 6) is 0.952. The fourth-order valence-corrected chi connectivity index (χ4v) is 6.63. The van der Waals surface area contributed by atoms with Crippen molar-refractivity contribution in [1.82, 2.24) is 4.98 Å². The van der Waals surface area contributed by atoms with E-state index in [1.165, 1.54) is 0 Å². The number of nitrogens with zero attached hydrogens (tertiary/aromatic N) is 1. The molecular weight excluding hydrogens is 462 g/mol. The molecule has 0 spiro atoms. The molecule has 0 radical (unpaired) electrons. The third-order valence-corrected chi connectivity index (χ3v) is 8.43. The molecule has 0 bridgehead atoms. The van der Waals surface area contributed by atoms with Gasteiger partial charge < -0.3 is 14.6 Å². The maximum Gasteiger partial charge on any atom is 0.163 e. The van der Waals surface area contributed by atoms with E-state index in [4.69, 9.17) is 9.47 Å². The van der Waals surface area contributed by atoms with Crippen molar-refractivity contribution in [3.8, 4) is 11.5 Å². The predicted molar refractivity (Wildman–Crippen MR) is 136 cm³/mol. The van der Waals surface area contributed by atoms with Gasteiger partial charge in [-0.25, -0.2) is 8.42 Å². The lowest BCUT2D eigenvalue weighted by atomic mass is 9.95. The second-order valence-electron chi connectivity index (χ2n) is 8.79. The second-order valence-corrected chi connectivity index (χ2v) is 11.0. The highest BCUT2D eigenvalue weighted by Gasteiger charge is 2.47. The smallest absolute Gasteiger partial charge is 0.163 e. The van der Waals surface area contributed by atoms with Gasteiger partial charge in [0.15, 0.2) is 9.84 Å². The zero-order chi connectivity index (χ0) is 24.3. The number of aromatic nitrogens is 1. The van der Waals surface area contributed by atoms with Crippen LogP contribution in [0.2, 0.25) is 0 Å². The molecule has 0 unspecified atom stereocenters. The van der Waals surface area contributed by atoms with Gasteiger partial charge in [0, 0.05) is 6.20 Å². The molecule has 6 nitrogen and oxygen atoms in total. The Hall–Kier alpha value is -3.42. The first-order valence-electron chi connectivity index (χ1n) is 11.6. The van der Waals surface area contributed by atoms with E-state index in [2.05, 4.69) is 4.98 Å². The number of pyridine rings is 1. The summed E-state index contributed by atoms with van der Waals surface area (Å²) in [5, 5.41) is 9.03. The summed E-state index contributed by atoms with van der Waals surface area (Å²) in [5.41, 5.74) is 4.50. The van der Waals surface area contributed by atoms with Gasteiger partial charge in [0.2, 0.25) is 0 Å². The number of aromatic hydroxyl groups is 1. The molecule has 0 saturated carbocycles. The molecule has 0 amide bonds. The fraction of sp³-hybridized carbons (Fsp3) is 0.250. The number of hydrogen-bond donors (Lipinski definition) is 1. The summed E-state index contributed by atoms with van der Waals surface area (Å²) in [4.78, 5) is 4.52. The number of ether oxygens (including phenoxy) is 2. The Morgan fingerprint density at radius 1 is 1.06 bits per heavy atom. The standard InChI is InChI=1S/C28H27NO5S/c30-23-12-9-20(10-13-23)16-21(25-8-4-5-15-29-25)11-14-26-28-22(17-33-24-6-2-1-3-7-24)19-35(31,32)27(28)18-34-26/h1-10,12-13,15-16,26-27,30H,11,14,17-19H2/b21-16-/t26-,27+/m1/s1. The molecule has 1 aromatic heterocycles. The van der Waals surface area contributed by atoms with Crippen LogP contribution in [0.5, 0.6) is 11.5 Å². The summed E-state index contributed by atoms with van der Waals surface area (Å²) in [6.07, 6.45) is 4.82. The van der Waals surface area contributed by atoms with Gasteiger partial charge in [0.05, 0.1) is 24.2 Å². The SMILES string of the molecule is O=S1(=O)CC(COc2ccccc2)=C2[C@@H](CC/C(=C/c3ccc(O)cc3)c3ccccn3)OC[C@@H]21. The Balaban J connectivity index is 1.38. The number of phenols is 1. The predicted octanol–water partition coefficient (Wildman–Crippen LogP) is 4.68. The van der Waals surface area contributed by atoms with E-state index in [0.29, 0.717) is 18.6 Å². The monoisotopic (exact) mass is 489 g/mol. The van der Waals surface area contributed by atoms with Crippen LogP contribution in [0.4, 0.5) is 0 Å². The molecule has 5 rings (SSSR count). The van der Waals surface area contributed by atoms with E-state index in [0.717, 1.165) is 28.0 Å². The number of benzene rings is 2. The summed E-state index contributed by atoms with van der Waals surface area (Å²) in [7, 11) is -3.28. The molecule has 2 atom stereocenters. The van der Waals surface area contributed by atoms with Gasteiger partial charge >= 0.3 is 0 Å². The Morgan fingerprint density at radius 2 is 1.83 bits per heavy atom. The third-order valence-electron chi connectivity index (χ3n) is 6.42. The van der Waals surface area contributed by atoms with Crippen molar-refractivity contribution < 1.29 is 23.0 Å².